The highest BCUT2D eigenvalue weighted by molar-refractivity contribution is 5.79. The molecule has 0 aliphatic carbocycles. The van der Waals surface area contributed by atoms with Gasteiger partial charge in [-0.1, -0.05) is 13.8 Å². The van der Waals surface area contributed by atoms with Crippen molar-refractivity contribution in [2.24, 2.45) is 0 Å². The third-order valence-electron chi connectivity index (χ3n) is 2.91. The summed E-state index contributed by atoms with van der Waals surface area (Å²) in [6, 6.07) is 0. The number of nitrogens with one attached hydrogen (secondary N) is 1. The third-order valence-corrected chi connectivity index (χ3v) is 2.91. The third kappa shape index (κ3) is 17.3. The Balaban J connectivity index is 3.25. The first-order valence-corrected chi connectivity index (χ1v) is 8.80. The molecule has 1 amide bonds. The Morgan fingerprint density at radius 3 is 2.04 bits per heavy atom. The van der Waals surface area contributed by atoms with Gasteiger partial charge in [-0.05, 0) is 19.3 Å². The van der Waals surface area contributed by atoms with Crippen LogP contribution in [0, 0.1) is 0 Å². The van der Waals surface area contributed by atoms with E-state index in [1.54, 1.807) is 0 Å². The van der Waals surface area contributed by atoms with Gasteiger partial charge in [0.1, 0.15) is 13.2 Å². The summed E-state index contributed by atoms with van der Waals surface area (Å²) in [6.45, 7) is 7.87. The van der Waals surface area contributed by atoms with E-state index in [-0.39, 0.29) is 24.9 Å². The molecule has 142 valence electrons. The molecule has 0 aromatic carbocycles. The Kier molecular flexibility index (Phi) is 17.5. The van der Waals surface area contributed by atoms with Crippen LogP contribution in [0.4, 0.5) is 0 Å². The fraction of sp³-hybridized carbons (Fsp3) is 0.882. The van der Waals surface area contributed by atoms with Crippen molar-refractivity contribution in [1.29, 1.82) is 0 Å². The maximum Gasteiger partial charge on any atom is 0.245 e. The van der Waals surface area contributed by atoms with E-state index in [0.717, 1.165) is 19.4 Å². The summed E-state index contributed by atoms with van der Waals surface area (Å²) in [6.07, 6.45) is 3.03. The molecule has 7 nitrogen and oxygen atoms in total. The molecule has 7 heteroatoms. The fourth-order valence-corrected chi connectivity index (χ4v) is 1.69. The molecule has 0 aliphatic heterocycles. The number of hydrogen-bond donors (Lipinski definition) is 1. The molecule has 0 rings (SSSR count). The summed E-state index contributed by atoms with van der Waals surface area (Å²) < 4.78 is 21.0. The predicted molar refractivity (Wildman–Crippen MR) is 91.1 cm³/mol. The molecule has 0 aromatic heterocycles. The van der Waals surface area contributed by atoms with Crippen LogP contribution in [0.5, 0.6) is 0 Å². The molecule has 24 heavy (non-hydrogen) atoms. The molecule has 0 aromatic rings. The van der Waals surface area contributed by atoms with Gasteiger partial charge in [0.25, 0.3) is 0 Å². The fourth-order valence-electron chi connectivity index (χ4n) is 1.69. The van der Waals surface area contributed by atoms with E-state index < -0.39 is 0 Å². The Labute approximate surface area is 145 Å². The monoisotopic (exact) mass is 347 g/mol. The number of amides is 1. The molecule has 0 saturated heterocycles. The van der Waals surface area contributed by atoms with Crippen LogP contribution >= 0.6 is 0 Å². The molecule has 0 radical (unpaired) electrons. The summed E-state index contributed by atoms with van der Waals surface area (Å²) >= 11 is 0. The van der Waals surface area contributed by atoms with E-state index in [0.29, 0.717) is 52.4 Å². The molecule has 0 atom stereocenters. The number of carbonyl (C=O) groups excluding carboxylic acids is 2. The summed E-state index contributed by atoms with van der Waals surface area (Å²) in [7, 11) is 0. The highest BCUT2D eigenvalue weighted by Crippen LogP contribution is 1.94. The number of rotatable bonds is 18. The van der Waals surface area contributed by atoms with E-state index in [4.69, 9.17) is 18.9 Å². The molecule has 0 fully saturated rings. The number of carbonyl (C=O) groups is 2. The molecular weight excluding hydrogens is 314 g/mol. The Morgan fingerprint density at radius 2 is 1.38 bits per heavy atom. The van der Waals surface area contributed by atoms with Crippen molar-refractivity contribution in [2.45, 2.75) is 39.5 Å². The zero-order valence-corrected chi connectivity index (χ0v) is 15.1. The second kappa shape index (κ2) is 18.3. The minimum atomic E-state index is -0.131. The predicted octanol–water partition coefficient (Wildman–Crippen LogP) is 1.34. The smallest absolute Gasteiger partial charge is 0.245 e. The second-order valence-electron chi connectivity index (χ2n) is 5.32. The van der Waals surface area contributed by atoms with Crippen molar-refractivity contribution in [2.75, 3.05) is 59.4 Å². The maximum atomic E-state index is 11.6. The molecule has 0 bridgehead atoms. The van der Waals surface area contributed by atoms with Crippen LogP contribution in [0.2, 0.25) is 0 Å². The van der Waals surface area contributed by atoms with Crippen LogP contribution in [-0.2, 0) is 28.5 Å². The van der Waals surface area contributed by atoms with Crippen molar-refractivity contribution in [3.63, 3.8) is 0 Å². The normalized spacial score (nSPS) is 10.8. The van der Waals surface area contributed by atoms with E-state index >= 15 is 0 Å². The lowest BCUT2D eigenvalue weighted by molar-refractivity contribution is -0.128. The van der Waals surface area contributed by atoms with Gasteiger partial charge in [-0.25, -0.2) is 0 Å². The highest BCUT2D eigenvalue weighted by Gasteiger charge is 2.03. The standard InChI is InChI=1S/C17H33NO6/c1-3-7-18-17(20)15-24-13-12-23-14-16(19)6-5-9-22-11-10-21-8-4-2/h3-15H2,1-2H3,(H,18,20). The van der Waals surface area contributed by atoms with Gasteiger partial charge in [0.15, 0.2) is 5.78 Å². The van der Waals surface area contributed by atoms with Gasteiger partial charge < -0.3 is 24.3 Å². The lowest BCUT2D eigenvalue weighted by Crippen LogP contribution is -2.28. The number of ketones is 1. The van der Waals surface area contributed by atoms with Crippen molar-refractivity contribution < 1.29 is 28.5 Å². The van der Waals surface area contributed by atoms with Crippen LogP contribution in [0.3, 0.4) is 0 Å². The summed E-state index contributed by atoms with van der Waals surface area (Å²) in [5.41, 5.74) is 0. The van der Waals surface area contributed by atoms with Crippen molar-refractivity contribution in [1.82, 2.24) is 5.32 Å². The van der Waals surface area contributed by atoms with Crippen LogP contribution in [-0.4, -0.2) is 71.1 Å². The quantitative estimate of drug-likeness (QED) is 0.377. The molecular formula is C17H33NO6. The number of ether oxygens (including phenoxy) is 4. The van der Waals surface area contributed by atoms with Gasteiger partial charge in [0.05, 0.1) is 26.4 Å². The lowest BCUT2D eigenvalue weighted by atomic mass is 10.2. The minimum Gasteiger partial charge on any atom is -0.379 e. The van der Waals surface area contributed by atoms with Crippen molar-refractivity contribution >= 4 is 11.7 Å². The van der Waals surface area contributed by atoms with Crippen LogP contribution in [0.15, 0.2) is 0 Å². The average molecular weight is 347 g/mol. The topological polar surface area (TPSA) is 83.1 Å². The van der Waals surface area contributed by atoms with Gasteiger partial charge in [0, 0.05) is 26.2 Å². The van der Waals surface area contributed by atoms with E-state index in [2.05, 4.69) is 12.2 Å². The van der Waals surface area contributed by atoms with Gasteiger partial charge >= 0.3 is 0 Å². The zero-order chi connectivity index (χ0) is 17.9. The molecule has 0 spiro atoms. The van der Waals surface area contributed by atoms with Gasteiger partial charge in [0.2, 0.25) is 5.91 Å². The summed E-state index contributed by atoms with van der Waals surface area (Å²) in [4.78, 5) is 22.8. The first-order chi connectivity index (χ1) is 11.7. The number of hydrogen-bond acceptors (Lipinski definition) is 6. The Bertz CT molecular complexity index is 311. The molecule has 0 unspecified atom stereocenters. The van der Waals surface area contributed by atoms with E-state index in [1.165, 1.54) is 0 Å². The molecule has 0 aliphatic rings. The number of Topliss-reactive ketones (excluding diaryl/α,β-unsaturated/α-hetero) is 1. The van der Waals surface area contributed by atoms with Gasteiger partial charge in [-0.15, -0.1) is 0 Å². The van der Waals surface area contributed by atoms with Crippen molar-refractivity contribution in [3.05, 3.63) is 0 Å². The van der Waals surface area contributed by atoms with Gasteiger partial charge in [-0.2, -0.15) is 0 Å². The first-order valence-electron chi connectivity index (χ1n) is 8.80. The zero-order valence-electron chi connectivity index (χ0n) is 15.1. The van der Waals surface area contributed by atoms with E-state index in [9.17, 15) is 9.59 Å². The Morgan fingerprint density at radius 1 is 0.750 bits per heavy atom. The summed E-state index contributed by atoms with van der Waals surface area (Å²) in [5.74, 6) is -0.0884. The van der Waals surface area contributed by atoms with Crippen molar-refractivity contribution in [3.8, 4) is 0 Å². The minimum absolute atomic E-state index is 0.0244. The molecule has 1 N–H and O–H groups in total. The second-order valence-corrected chi connectivity index (χ2v) is 5.32. The van der Waals surface area contributed by atoms with E-state index in [1.807, 2.05) is 6.92 Å². The summed E-state index contributed by atoms with van der Waals surface area (Å²) in [5, 5.41) is 2.71. The SMILES string of the molecule is CCCNC(=O)COCCOCC(=O)CCCOCCOCCC. The highest BCUT2D eigenvalue weighted by atomic mass is 16.5. The van der Waals surface area contributed by atoms with Crippen LogP contribution in [0.1, 0.15) is 39.5 Å². The molecule has 0 heterocycles. The Hall–Kier alpha value is -1.02. The van der Waals surface area contributed by atoms with Crippen LogP contribution in [0.25, 0.3) is 0 Å². The largest absolute Gasteiger partial charge is 0.379 e. The maximum absolute atomic E-state index is 11.6. The van der Waals surface area contributed by atoms with Gasteiger partial charge in [-0.3, -0.25) is 9.59 Å². The lowest BCUT2D eigenvalue weighted by Gasteiger charge is -2.07. The molecule has 0 saturated carbocycles. The first kappa shape index (κ1) is 23.0. The van der Waals surface area contributed by atoms with Crippen LogP contribution < -0.4 is 5.32 Å². The average Bonchev–Trinajstić information content (AvgIpc) is 2.58.